The van der Waals surface area contributed by atoms with Gasteiger partial charge in [-0.25, -0.2) is 0 Å². The maximum atomic E-state index is 12.3. The first kappa shape index (κ1) is 19.2. The number of carbonyl (C=O) groups is 2. The lowest BCUT2D eigenvalue weighted by molar-refractivity contribution is -0.385. The van der Waals surface area contributed by atoms with Crippen LogP contribution in [0.3, 0.4) is 0 Å². The molecular formula is C19H19N3O6. The quantitative estimate of drug-likeness (QED) is 0.604. The summed E-state index contributed by atoms with van der Waals surface area (Å²) in [6, 6.07) is 9.67. The summed E-state index contributed by atoms with van der Waals surface area (Å²) >= 11 is 0. The molecule has 0 radical (unpaired) electrons. The van der Waals surface area contributed by atoms with E-state index in [1.807, 2.05) is 19.1 Å². The van der Waals surface area contributed by atoms with Gasteiger partial charge in [0.15, 0.2) is 12.4 Å². The van der Waals surface area contributed by atoms with Crippen molar-refractivity contribution in [3.63, 3.8) is 0 Å². The maximum Gasteiger partial charge on any atom is 0.312 e. The molecule has 2 amide bonds. The number of fused-ring (bicyclic) bond motifs is 1. The molecule has 2 aromatic carbocycles. The molecule has 0 atom stereocenters. The molecule has 1 N–H and O–H groups in total. The van der Waals surface area contributed by atoms with Crippen molar-refractivity contribution < 1.29 is 24.0 Å². The molecule has 0 saturated heterocycles. The summed E-state index contributed by atoms with van der Waals surface area (Å²) < 4.78 is 10.4. The number of nitro groups is 1. The van der Waals surface area contributed by atoms with Crippen molar-refractivity contribution in [1.82, 2.24) is 0 Å². The molecule has 3 rings (SSSR count). The lowest BCUT2D eigenvalue weighted by Gasteiger charge is -2.29. The first-order chi connectivity index (χ1) is 13.4. The topological polar surface area (TPSA) is 111 Å². The Bertz CT molecular complexity index is 943. The highest BCUT2D eigenvalue weighted by atomic mass is 16.6. The van der Waals surface area contributed by atoms with Crippen molar-refractivity contribution in [2.75, 3.05) is 30.5 Å². The number of nitrogens with one attached hydrogen (secondary N) is 1. The number of anilines is 2. The van der Waals surface area contributed by atoms with Crippen molar-refractivity contribution >= 4 is 28.9 Å². The Morgan fingerprint density at radius 2 is 2.11 bits per heavy atom. The first-order valence-corrected chi connectivity index (χ1v) is 8.55. The molecule has 0 aliphatic carbocycles. The van der Waals surface area contributed by atoms with Gasteiger partial charge in [-0.3, -0.25) is 19.7 Å². The average molecular weight is 385 g/mol. The van der Waals surface area contributed by atoms with Crippen molar-refractivity contribution in [2.45, 2.75) is 13.3 Å². The number of rotatable bonds is 6. The number of aryl methyl sites for hydroxylation is 1. The van der Waals surface area contributed by atoms with E-state index in [4.69, 9.17) is 9.47 Å². The monoisotopic (exact) mass is 385 g/mol. The van der Waals surface area contributed by atoms with Crippen LogP contribution < -0.4 is 19.7 Å². The molecule has 0 spiro atoms. The van der Waals surface area contributed by atoms with Crippen LogP contribution in [0.2, 0.25) is 0 Å². The highest BCUT2D eigenvalue weighted by Crippen LogP contribution is 2.33. The fraction of sp³-hybridized carbons (Fsp3) is 0.263. The van der Waals surface area contributed by atoms with Crippen LogP contribution >= 0.6 is 0 Å². The van der Waals surface area contributed by atoms with Gasteiger partial charge in [0.05, 0.1) is 17.7 Å². The standard InChI is InChI=1S/C19H19N3O6/c1-12-3-5-17-14(9-12)21(19(24)11-28-17)8-7-18(23)20-13-4-6-16(27-2)15(10-13)22(25)26/h3-6,9-10H,7-8,11H2,1-2H3,(H,20,23). The number of ether oxygens (including phenoxy) is 2. The van der Waals surface area contributed by atoms with Gasteiger partial charge in [-0.1, -0.05) is 6.07 Å². The molecule has 146 valence electrons. The van der Waals surface area contributed by atoms with Gasteiger partial charge < -0.3 is 19.7 Å². The second kappa shape index (κ2) is 7.95. The van der Waals surface area contributed by atoms with Crippen LogP contribution in [0.5, 0.6) is 11.5 Å². The highest BCUT2D eigenvalue weighted by molar-refractivity contribution is 5.99. The van der Waals surface area contributed by atoms with Gasteiger partial charge in [0.25, 0.3) is 5.91 Å². The predicted octanol–water partition coefficient (Wildman–Crippen LogP) is 2.67. The van der Waals surface area contributed by atoms with Crippen LogP contribution in [0.15, 0.2) is 36.4 Å². The van der Waals surface area contributed by atoms with Crippen molar-refractivity contribution in [3.8, 4) is 11.5 Å². The Morgan fingerprint density at radius 1 is 1.32 bits per heavy atom. The molecule has 1 heterocycles. The second-order valence-corrected chi connectivity index (χ2v) is 6.25. The Balaban J connectivity index is 1.68. The van der Waals surface area contributed by atoms with E-state index >= 15 is 0 Å². The number of hydrogen-bond acceptors (Lipinski definition) is 6. The van der Waals surface area contributed by atoms with Crippen LogP contribution in [0.1, 0.15) is 12.0 Å². The molecule has 9 heteroatoms. The van der Waals surface area contributed by atoms with E-state index in [0.29, 0.717) is 11.4 Å². The minimum atomic E-state index is -0.583. The van der Waals surface area contributed by atoms with Crippen molar-refractivity contribution in [3.05, 3.63) is 52.1 Å². The van der Waals surface area contributed by atoms with Gasteiger partial charge in [-0.15, -0.1) is 0 Å². The number of hydrogen-bond donors (Lipinski definition) is 1. The molecule has 0 fully saturated rings. The Morgan fingerprint density at radius 3 is 2.82 bits per heavy atom. The third-order valence-electron chi connectivity index (χ3n) is 4.28. The van der Waals surface area contributed by atoms with E-state index < -0.39 is 4.92 Å². The molecular weight excluding hydrogens is 366 g/mol. The molecule has 1 aliphatic heterocycles. The number of benzene rings is 2. The fourth-order valence-corrected chi connectivity index (χ4v) is 2.90. The van der Waals surface area contributed by atoms with Gasteiger partial charge >= 0.3 is 5.69 Å². The van der Waals surface area contributed by atoms with Crippen molar-refractivity contribution in [1.29, 1.82) is 0 Å². The maximum absolute atomic E-state index is 12.3. The minimum absolute atomic E-state index is 0.0267. The van der Waals surface area contributed by atoms with Crippen LogP contribution in [0, 0.1) is 17.0 Å². The minimum Gasteiger partial charge on any atom is -0.490 e. The summed E-state index contributed by atoms with van der Waals surface area (Å²) in [5.74, 6) is 0.101. The highest BCUT2D eigenvalue weighted by Gasteiger charge is 2.26. The normalized spacial score (nSPS) is 12.8. The Labute approximate surface area is 161 Å². The molecule has 0 unspecified atom stereocenters. The van der Waals surface area contributed by atoms with Crippen LogP contribution in [0.4, 0.5) is 17.1 Å². The molecule has 0 bridgehead atoms. The largest absolute Gasteiger partial charge is 0.490 e. The third-order valence-corrected chi connectivity index (χ3v) is 4.28. The Kier molecular flexibility index (Phi) is 5.44. The van der Waals surface area contributed by atoms with Gasteiger partial charge in [0, 0.05) is 24.7 Å². The second-order valence-electron chi connectivity index (χ2n) is 6.25. The lowest BCUT2D eigenvalue weighted by atomic mass is 10.1. The van der Waals surface area contributed by atoms with Crippen LogP contribution in [-0.4, -0.2) is 37.0 Å². The van der Waals surface area contributed by atoms with Crippen molar-refractivity contribution in [2.24, 2.45) is 0 Å². The molecule has 0 saturated carbocycles. The van der Waals surface area contributed by atoms with Gasteiger partial charge in [0.2, 0.25) is 5.91 Å². The van der Waals surface area contributed by atoms with Crippen LogP contribution in [0.25, 0.3) is 0 Å². The number of carbonyl (C=O) groups excluding carboxylic acids is 2. The molecule has 2 aromatic rings. The van der Waals surface area contributed by atoms with E-state index in [9.17, 15) is 19.7 Å². The van der Waals surface area contributed by atoms with E-state index in [1.165, 1.54) is 30.2 Å². The summed E-state index contributed by atoms with van der Waals surface area (Å²) in [5, 5.41) is 13.7. The average Bonchev–Trinajstić information content (AvgIpc) is 2.67. The van der Waals surface area contributed by atoms with Crippen LogP contribution in [-0.2, 0) is 9.59 Å². The molecule has 28 heavy (non-hydrogen) atoms. The zero-order chi connectivity index (χ0) is 20.3. The first-order valence-electron chi connectivity index (χ1n) is 8.55. The third kappa shape index (κ3) is 4.03. The van der Waals surface area contributed by atoms with E-state index in [0.717, 1.165) is 5.56 Å². The number of nitrogens with zero attached hydrogens (tertiary/aromatic N) is 2. The zero-order valence-corrected chi connectivity index (χ0v) is 15.4. The van der Waals surface area contributed by atoms with E-state index in [2.05, 4.69) is 5.32 Å². The molecule has 0 aromatic heterocycles. The number of methoxy groups -OCH3 is 1. The summed E-state index contributed by atoms with van der Waals surface area (Å²) in [6.45, 7) is 1.99. The summed E-state index contributed by atoms with van der Waals surface area (Å²) in [5.41, 5.74) is 1.64. The predicted molar refractivity (Wildman–Crippen MR) is 102 cm³/mol. The summed E-state index contributed by atoms with van der Waals surface area (Å²) in [7, 11) is 1.33. The van der Waals surface area contributed by atoms with Gasteiger partial charge in [0.1, 0.15) is 5.75 Å². The molecule has 1 aliphatic rings. The lowest BCUT2D eigenvalue weighted by Crippen LogP contribution is -2.40. The molecule has 9 nitrogen and oxygen atoms in total. The summed E-state index contributed by atoms with van der Waals surface area (Å²) in [4.78, 5) is 36.5. The summed E-state index contributed by atoms with van der Waals surface area (Å²) in [6.07, 6.45) is 0.0267. The van der Waals surface area contributed by atoms with E-state index in [1.54, 1.807) is 6.07 Å². The number of amides is 2. The smallest absolute Gasteiger partial charge is 0.312 e. The number of nitro benzene ring substituents is 1. The SMILES string of the molecule is COc1ccc(NC(=O)CCN2C(=O)COc3ccc(C)cc32)cc1[N+](=O)[O-]. The van der Waals surface area contributed by atoms with Gasteiger partial charge in [-0.2, -0.15) is 0 Å². The zero-order valence-electron chi connectivity index (χ0n) is 15.4. The van der Waals surface area contributed by atoms with Gasteiger partial charge in [-0.05, 0) is 36.8 Å². The fourth-order valence-electron chi connectivity index (χ4n) is 2.90. The Hall–Kier alpha value is -3.62. The van der Waals surface area contributed by atoms with E-state index in [-0.39, 0.29) is 48.5 Å².